The fourth-order valence-corrected chi connectivity index (χ4v) is 3.81. The summed E-state index contributed by atoms with van der Waals surface area (Å²) in [5, 5.41) is 17.8. The molecule has 0 unspecified atom stereocenters. The Labute approximate surface area is 158 Å². The molecule has 1 aliphatic rings. The minimum Gasteiger partial charge on any atom is -0.507 e. The smallest absolute Gasteiger partial charge is 0.273 e. The van der Waals surface area contributed by atoms with Crippen molar-refractivity contribution in [3.8, 4) is 17.0 Å². The number of aromatic amines is 1. The van der Waals surface area contributed by atoms with Crippen molar-refractivity contribution < 1.29 is 9.90 Å². The van der Waals surface area contributed by atoms with Crippen LogP contribution in [0.25, 0.3) is 11.3 Å². The normalized spacial score (nSPS) is 16.0. The van der Waals surface area contributed by atoms with E-state index in [1.54, 1.807) is 6.07 Å². The summed E-state index contributed by atoms with van der Waals surface area (Å²) in [5.41, 5.74) is 5.91. The fraction of sp³-hybridized carbons (Fsp3) is 0.273. The Hall–Kier alpha value is -3.08. The SMILES string of the molecule is CCCN1C(=O)c2[nH]nc(-c3cc(C)ccc3O)c2[C@H]1c1ccc(C)cc1. The van der Waals surface area contributed by atoms with Crippen LogP contribution in [0.2, 0.25) is 0 Å². The Morgan fingerprint density at radius 2 is 1.81 bits per heavy atom. The minimum atomic E-state index is -0.207. The number of phenols is 1. The van der Waals surface area contributed by atoms with Crippen LogP contribution in [0.4, 0.5) is 0 Å². The highest BCUT2D eigenvalue weighted by molar-refractivity contribution is 6.00. The molecule has 3 aromatic rings. The Bertz CT molecular complexity index is 1000. The van der Waals surface area contributed by atoms with Gasteiger partial charge in [0.05, 0.1) is 6.04 Å². The van der Waals surface area contributed by atoms with E-state index in [9.17, 15) is 9.90 Å². The molecule has 2 N–H and O–H groups in total. The Balaban J connectivity index is 1.92. The summed E-state index contributed by atoms with van der Waals surface area (Å²) in [6.45, 7) is 6.76. The molecule has 0 bridgehead atoms. The van der Waals surface area contributed by atoms with Gasteiger partial charge in [-0.25, -0.2) is 0 Å². The van der Waals surface area contributed by atoms with Crippen LogP contribution in [0.3, 0.4) is 0 Å². The summed E-state index contributed by atoms with van der Waals surface area (Å²) in [6, 6.07) is 13.5. The molecule has 2 aromatic carbocycles. The average Bonchev–Trinajstić information content (AvgIpc) is 3.19. The largest absolute Gasteiger partial charge is 0.507 e. The zero-order valence-corrected chi connectivity index (χ0v) is 15.8. The number of phenolic OH excluding ortho intramolecular Hbond substituents is 1. The number of hydrogen-bond acceptors (Lipinski definition) is 3. The summed E-state index contributed by atoms with van der Waals surface area (Å²) >= 11 is 0. The fourth-order valence-electron chi connectivity index (χ4n) is 3.81. The molecule has 1 aliphatic heterocycles. The van der Waals surface area contributed by atoms with E-state index in [2.05, 4.69) is 41.4 Å². The molecule has 0 aliphatic carbocycles. The number of carbonyl (C=O) groups is 1. The molecule has 0 saturated heterocycles. The van der Waals surface area contributed by atoms with Gasteiger partial charge in [0, 0.05) is 17.7 Å². The lowest BCUT2D eigenvalue weighted by atomic mass is 9.94. The molecule has 0 fully saturated rings. The number of carbonyl (C=O) groups excluding carboxylic acids is 1. The average molecular weight is 361 g/mol. The number of nitrogens with zero attached hydrogens (tertiary/aromatic N) is 2. The van der Waals surface area contributed by atoms with Gasteiger partial charge in [-0.05, 0) is 38.0 Å². The van der Waals surface area contributed by atoms with E-state index in [0.29, 0.717) is 23.5 Å². The van der Waals surface area contributed by atoms with Crippen molar-refractivity contribution in [1.82, 2.24) is 15.1 Å². The number of nitrogens with one attached hydrogen (secondary N) is 1. The number of aromatic nitrogens is 2. The Morgan fingerprint density at radius 1 is 1.11 bits per heavy atom. The van der Waals surface area contributed by atoms with Gasteiger partial charge >= 0.3 is 0 Å². The van der Waals surface area contributed by atoms with E-state index in [1.807, 2.05) is 30.9 Å². The first-order valence-corrected chi connectivity index (χ1v) is 9.27. The van der Waals surface area contributed by atoms with Crippen LogP contribution < -0.4 is 0 Å². The van der Waals surface area contributed by atoms with Crippen molar-refractivity contribution in [2.45, 2.75) is 33.2 Å². The van der Waals surface area contributed by atoms with Crippen LogP contribution in [0.5, 0.6) is 5.75 Å². The topological polar surface area (TPSA) is 69.2 Å². The van der Waals surface area contributed by atoms with E-state index in [0.717, 1.165) is 23.1 Å². The van der Waals surface area contributed by atoms with Crippen molar-refractivity contribution >= 4 is 5.91 Å². The summed E-state index contributed by atoms with van der Waals surface area (Å²) < 4.78 is 0. The molecular formula is C22H23N3O2. The van der Waals surface area contributed by atoms with Crippen LogP contribution >= 0.6 is 0 Å². The van der Waals surface area contributed by atoms with Crippen LogP contribution in [0.1, 0.15) is 52.1 Å². The highest BCUT2D eigenvalue weighted by atomic mass is 16.3. The van der Waals surface area contributed by atoms with E-state index in [-0.39, 0.29) is 17.7 Å². The highest BCUT2D eigenvalue weighted by Crippen LogP contribution is 2.44. The number of H-pyrrole nitrogens is 1. The molecule has 0 spiro atoms. The molecular weight excluding hydrogens is 338 g/mol. The molecule has 138 valence electrons. The van der Waals surface area contributed by atoms with E-state index >= 15 is 0 Å². The Morgan fingerprint density at radius 3 is 2.52 bits per heavy atom. The standard InChI is InChI=1S/C22H23N3O2/c1-4-11-25-21(15-8-5-13(2)6-9-15)18-19(23-24-20(18)22(25)27)16-12-14(3)7-10-17(16)26/h5-10,12,21,26H,4,11H2,1-3H3,(H,23,24)/t21-/m1/s1. The lowest BCUT2D eigenvalue weighted by molar-refractivity contribution is 0.0744. The molecule has 27 heavy (non-hydrogen) atoms. The van der Waals surface area contributed by atoms with Crippen molar-refractivity contribution in [1.29, 1.82) is 0 Å². The molecule has 0 saturated carbocycles. The van der Waals surface area contributed by atoms with Gasteiger partial charge < -0.3 is 10.0 Å². The van der Waals surface area contributed by atoms with Gasteiger partial charge in [0.1, 0.15) is 17.1 Å². The number of aromatic hydroxyl groups is 1. The minimum absolute atomic E-state index is 0.0386. The molecule has 2 heterocycles. The summed E-state index contributed by atoms with van der Waals surface area (Å²) in [5.74, 6) is 0.127. The summed E-state index contributed by atoms with van der Waals surface area (Å²) in [6.07, 6.45) is 0.872. The Kier molecular flexibility index (Phi) is 4.22. The maximum atomic E-state index is 13.0. The van der Waals surface area contributed by atoms with Crippen molar-refractivity contribution in [3.63, 3.8) is 0 Å². The maximum absolute atomic E-state index is 13.0. The lowest BCUT2D eigenvalue weighted by Gasteiger charge is -2.26. The lowest BCUT2D eigenvalue weighted by Crippen LogP contribution is -2.30. The molecule has 5 heteroatoms. The van der Waals surface area contributed by atoms with Crippen molar-refractivity contribution in [2.75, 3.05) is 6.54 Å². The highest BCUT2D eigenvalue weighted by Gasteiger charge is 2.42. The quantitative estimate of drug-likeness (QED) is 0.726. The van der Waals surface area contributed by atoms with Gasteiger partial charge in [-0.3, -0.25) is 9.89 Å². The van der Waals surface area contributed by atoms with Crippen LogP contribution in [0, 0.1) is 13.8 Å². The number of fused-ring (bicyclic) bond motifs is 1. The second-order valence-electron chi connectivity index (χ2n) is 7.19. The maximum Gasteiger partial charge on any atom is 0.273 e. The van der Waals surface area contributed by atoms with Crippen LogP contribution in [-0.4, -0.2) is 32.7 Å². The molecule has 1 atom stereocenters. The third kappa shape index (κ3) is 2.79. The van der Waals surface area contributed by atoms with Gasteiger partial charge in [0.2, 0.25) is 0 Å². The van der Waals surface area contributed by atoms with Gasteiger partial charge in [-0.2, -0.15) is 5.10 Å². The third-order valence-electron chi connectivity index (χ3n) is 5.13. The van der Waals surface area contributed by atoms with Gasteiger partial charge in [-0.15, -0.1) is 0 Å². The second-order valence-corrected chi connectivity index (χ2v) is 7.19. The molecule has 1 amide bonds. The number of rotatable bonds is 4. The van der Waals surface area contributed by atoms with Crippen molar-refractivity contribution in [2.24, 2.45) is 0 Å². The van der Waals surface area contributed by atoms with Gasteiger partial charge in [0.15, 0.2) is 0 Å². The van der Waals surface area contributed by atoms with Gasteiger partial charge in [0.25, 0.3) is 5.91 Å². The second kappa shape index (κ2) is 6.58. The monoisotopic (exact) mass is 361 g/mol. The van der Waals surface area contributed by atoms with Crippen LogP contribution in [-0.2, 0) is 0 Å². The first kappa shape index (κ1) is 17.3. The molecule has 0 radical (unpaired) electrons. The van der Waals surface area contributed by atoms with E-state index in [4.69, 9.17) is 0 Å². The number of benzene rings is 2. The number of aryl methyl sites for hydroxylation is 2. The zero-order valence-electron chi connectivity index (χ0n) is 15.8. The summed E-state index contributed by atoms with van der Waals surface area (Å²) in [7, 11) is 0. The van der Waals surface area contributed by atoms with Crippen molar-refractivity contribution in [3.05, 3.63) is 70.4 Å². The summed E-state index contributed by atoms with van der Waals surface area (Å²) in [4.78, 5) is 14.9. The first-order chi connectivity index (χ1) is 13.0. The van der Waals surface area contributed by atoms with E-state index < -0.39 is 0 Å². The number of hydrogen-bond donors (Lipinski definition) is 2. The molecule has 4 rings (SSSR count). The predicted octanol–water partition coefficient (Wildman–Crippen LogP) is 4.35. The zero-order chi connectivity index (χ0) is 19.1. The van der Waals surface area contributed by atoms with Gasteiger partial charge in [-0.1, -0.05) is 48.4 Å². The third-order valence-corrected chi connectivity index (χ3v) is 5.13. The molecule has 5 nitrogen and oxygen atoms in total. The number of amides is 1. The predicted molar refractivity (Wildman–Crippen MR) is 105 cm³/mol. The van der Waals surface area contributed by atoms with E-state index in [1.165, 1.54) is 5.56 Å². The molecule has 1 aromatic heterocycles. The first-order valence-electron chi connectivity index (χ1n) is 9.27. The van der Waals surface area contributed by atoms with Crippen LogP contribution in [0.15, 0.2) is 42.5 Å².